The largest absolute Gasteiger partial charge is 0.573 e. The molecule has 0 fully saturated rings. The topological polar surface area (TPSA) is 55.4 Å². The smallest absolute Gasteiger partial charge is 0.405 e. The highest BCUT2D eigenvalue weighted by Gasteiger charge is 2.32. The molecule has 24 heavy (non-hydrogen) atoms. The number of sulfonamides is 1. The zero-order valence-corrected chi connectivity index (χ0v) is 14.1. The van der Waals surface area contributed by atoms with E-state index in [1.807, 2.05) is 0 Å². The molecular formula is C14H10Cl2F3NO3S. The minimum Gasteiger partial charge on any atom is -0.405 e. The summed E-state index contributed by atoms with van der Waals surface area (Å²) in [5, 5.41) is 0.229. The minimum atomic E-state index is -4.88. The Kier molecular flexibility index (Phi) is 5.64. The van der Waals surface area contributed by atoms with E-state index in [0.717, 1.165) is 6.07 Å². The van der Waals surface area contributed by atoms with Gasteiger partial charge in [0.1, 0.15) is 5.75 Å². The number of hydrogen-bond donors (Lipinski definition) is 1. The Morgan fingerprint density at radius 2 is 1.62 bits per heavy atom. The van der Waals surface area contributed by atoms with Crippen molar-refractivity contribution in [1.29, 1.82) is 0 Å². The van der Waals surface area contributed by atoms with Crippen molar-refractivity contribution >= 4 is 33.2 Å². The normalized spacial score (nSPS) is 12.2. The lowest BCUT2D eigenvalue weighted by Crippen LogP contribution is -2.24. The molecule has 130 valence electrons. The number of para-hydroxylation sites is 1. The maximum Gasteiger partial charge on any atom is 0.573 e. The van der Waals surface area contributed by atoms with Gasteiger partial charge in [-0.1, -0.05) is 41.4 Å². The van der Waals surface area contributed by atoms with Crippen molar-refractivity contribution in [3.8, 4) is 5.75 Å². The molecule has 0 aliphatic rings. The third-order valence-corrected chi connectivity index (χ3v) is 4.61. The van der Waals surface area contributed by atoms with Gasteiger partial charge < -0.3 is 4.74 Å². The van der Waals surface area contributed by atoms with Crippen molar-refractivity contribution < 1.29 is 26.3 Å². The molecule has 10 heteroatoms. The minimum absolute atomic E-state index is 0.0199. The van der Waals surface area contributed by atoms with E-state index in [1.165, 1.54) is 36.4 Å². The van der Waals surface area contributed by atoms with Crippen LogP contribution < -0.4 is 9.46 Å². The van der Waals surface area contributed by atoms with Crippen LogP contribution in [0.25, 0.3) is 0 Å². The number of nitrogens with one attached hydrogen (secondary N) is 1. The first-order chi connectivity index (χ1) is 11.1. The van der Waals surface area contributed by atoms with Gasteiger partial charge in [-0.3, -0.25) is 0 Å². The first kappa shape index (κ1) is 18.9. The molecular weight excluding hydrogens is 390 g/mol. The number of ether oxygens (including phenoxy) is 1. The van der Waals surface area contributed by atoms with E-state index >= 15 is 0 Å². The van der Waals surface area contributed by atoms with Crippen LogP contribution in [-0.2, 0) is 16.6 Å². The lowest BCUT2D eigenvalue weighted by atomic mass is 10.2. The summed E-state index contributed by atoms with van der Waals surface area (Å²) in [5.41, 5.74) is 0.0199. The molecule has 0 unspecified atom stereocenters. The Morgan fingerprint density at radius 1 is 1.04 bits per heavy atom. The second-order valence-corrected chi connectivity index (χ2v) is 7.23. The number of rotatable bonds is 5. The van der Waals surface area contributed by atoms with Crippen LogP contribution in [0.5, 0.6) is 5.75 Å². The molecule has 0 heterocycles. The van der Waals surface area contributed by atoms with E-state index in [2.05, 4.69) is 9.46 Å². The maximum absolute atomic E-state index is 12.4. The van der Waals surface area contributed by atoms with Crippen LogP contribution >= 0.6 is 23.2 Å². The van der Waals surface area contributed by atoms with Crippen molar-refractivity contribution in [2.75, 3.05) is 0 Å². The highest BCUT2D eigenvalue weighted by atomic mass is 35.5. The summed E-state index contributed by atoms with van der Waals surface area (Å²) in [4.78, 5) is -0.200. The highest BCUT2D eigenvalue weighted by Crippen LogP contribution is 2.27. The number of benzene rings is 2. The summed E-state index contributed by atoms with van der Waals surface area (Å²) >= 11 is 11.5. The highest BCUT2D eigenvalue weighted by molar-refractivity contribution is 7.89. The fraction of sp³-hybridized carbons (Fsp3) is 0.143. The summed E-state index contributed by atoms with van der Waals surface area (Å²) in [6, 6.07) is 8.91. The van der Waals surface area contributed by atoms with Gasteiger partial charge in [0.25, 0.3) is 0 Å². The molecule has 0 bridgehead atoms. The van der Waals surface area contributed by atoms with E-state index in [4.69, 9.17) is 23.2 Å². The summed E-state index contributed by atoms with van der Waals surface area (Å²) in [6.45, 7) is -0.404. The molecule has 4 nitrogen and oxygen atoms in total. The van der Waals surface area contributed by atoms with E-state index < -0.39 is 28.7 Å². The standard InChI is InChI=1S/C14H10Cl2F3NO3S/c15-10-5-11(16)7-12(6-10)24(21,22)20-8-9-3-1-2-4-13(9)23-14(17,18)19/h1-7,20H,8H2. The van der Waals surface area contributed by atoms with Gasteiger partial charge >= 0.3 is 6.36 Å². The Balaban J connectivity index is 2.21. The SMILES string of the molecule is O=S(=O)(NCc1ccccc1OC(F)(F)F)c1cc(Cl)cc(Cl)c1. The van der Waals surface area contributed by atoms with Gasteiger partial charge in [-0.2, -0.15) is 0 Å². The first-order valence-electron chi connectivity index (χ1n) is 6.36. The van der Waals surface area contributed by atoms with Crippen LogP contribution in [0.15, 0.2) is 47.4 Å². The second-order valence-electron chi connectivity index (χ2n) is 4.59. The molecule has 0 radical (unpaired) electrons. The molecule has 2 rings (SSSR count). The van der Waals surface area contributed by atoms with Gasteiger partial charge in [-0.25, -0.2) is 13.1 Å². The average Bonchev–Trinajstić information content (AvgIpc) is 2.44. The van der Waals surface area contributed by atoms with Crippen LogP contribution in [0.2, 0.25) is 10.0 Å². The Labute approximate surface area is 146 Å². The number of halogens is 5. The zero-order valence-electron chi connectivity index (χ0n) is 11.8. The summed E-state index contributed by atoms with van der Waals surface area (Å²) < 4.78 is 67.6. The van der Waals surface area contributed by atoms with Gasteiger partial charge in [0.05, 0.1) is 4.90 Å². The molecule has 1 N–H and O–H groups in total. The Morgan fingerprint density at radius 3 is 2.21 bits per heavy atom. The van der Waals surface area contributed by atoms with Crippen LogP contribution in [0.3, 0.4) is 0 Å². The van der Waals surface area contributed by atoms with Crippen LogP contribution in [0, 0.1) is 0 Å². The fourth-order valence-corrected chi connectivity index (χ4v) is 3.55. The summed E-state index contributed by atoms with van der Waals surface area (Å²) in [6.07, 6.45) is -4.88. The van der Waals surface area contributed by atoms with Crippen molar-refractivity contribution in [3.63, 3.8) is 0 Å². The van der Waals surface area contributed by atoms with E-state index in [9.17, 15) is 21.6 Å². The molecule has 2 aromatic rings. The lowest BCUT2D eigenvalue weighted by molar-refractivity contribution is -0.274. The maximum atomic E-state index is 12.4. The van der Waals surface area contributed by atoms with Crippen molar-refractivity contribution in [2.24, 2.45) is 0 Å². The molecule has 0 aliphatic carbocycles. The van der Waals surface area contributed by atoms with Crippen molar-refractivity contribution in [2.45, 2.75) is 17.8 Å². The first-order valence-corrected chi connectivity index (χ1v) is 8.60. The Hall–Kier alpha value is -1.48. The third-order valence-electron chi connectivity index (χ3n) is 2.80. The van der Waals surface area contributed by atoms with Crippen LogP contribution in [0.1, 0.15) is 5.56 Å². The third kappa shape index (κ3) is 5.27. The molecule has 0 aromatic heterocycles. The predicted octanol–water partition coefficient (Wildman–Crippen LogP) is 4.37. The number of hydrogen-bond acceptors (Lipinski definition) is 3. The van der Waals surface area contributed by atoms with Crippen molar-refractivity contribution in [3.05, 3.63) is 58.1 Å². The lowest BCUT2D eigenvalue weighted by Gasteiger charge is -2.14. The molecule has 0 atom stereocenters. The molecule has 0 spiro atoms. The van der Waals surface area contributed by atoms with E-state index in [-0.39, 0.29) is 20.5 Å². The predicted molar refractivity (Wildman–Crippen MR) is 83.6 cm³/mol. The monoisotopic (exact) mass is 399 g/mol. The quantitative estimate of drug-likeness (QED) is 0.811. The summed E-state index contributed by atoms with van der Waals surface area (Å²) in [7, 11) is -4.02. The van der Waals surface area contributed by atoms with Gasteiger partial charge in [0, 0.05) is 22.2 Å². The van der Waals surface area contributed by atoms with Crippen LogP contribution in [0.4, 0.5) is 13.2 Å². The molecule has 0 amide bonds. The molecule has 2 aromatic carbocycles. The molecule has 0 aliphatic heterocycles. The van der Waals surface area contributed by atoms with Gasteiger partial charge in [0.2, 0.25) is 10.0 Å². The fourth-order valence-electron chi connectivity index (χ4n) is 1.81. The van der Waals surface area contributed by atoms with Crippen LogP contribution in [-0.4, -0.2) is 14.8 Å². The van der Waals surface area contributed by atoms with Gasteiger partial charge in [0.15, 0.2) is 0 Å². The molecule has 0 saturated carbocycles. The van der Waals surface area contributed by atoms with Crippen molar-refractivity contribution in [1.82, 2.24) is 4.72 Å². The van der Waals surface area contributed by atoms with E-state index in [1.54, 1.807) is 0 Å². The van der Waals surface area contributed by atoms with E-state index in [0.29, 0.717) is 0 Å². The Bertz CT molecular complexity index is 821. The average molecular weight is 400 g/mol. The number of alkyl halides is 3. The van der Waals surface area contributed by atoms with Gasteiger partial charge in [-0.05, 0) is 24.3 Å². The zero-order chi connectivity index (χ0) is 18.0. The van der Waals surface area contributed by atoms with Gasteiger partial charge in [-0.15, -0.1) is 13.2 Å². The summed E-state index contributed by atoms with van der Waals surface area (Å²) in [5.74, 6) is -0.489. The second kappa shape index (κ2) is 7.18. The molecule has 0 saturated heterocycles.